The molecule has 0 radical (unpaired) electrons. The van der Waals surface area contributed by atoms with Gasteiger partial charge in [-0.25, -0.2) is 0 Å². The van der Waals surface area contributed by atoms with Gasteiger partial charge in [-0.15, -0.1) is 0 Å². The summed E-state index contributed by atoms with van der Waals surface area (Å²) in [5.74, 6) is -3.33. The van der Waals surface area contributed by atoms with Crippen molar-refractivity contribution in [3.05, 3.63) is 0 Å². The molecule has 0 atom stereocenters. The van der Waals surface area contributed by atoms with E-state index in [1.807, 2.05) is 0 Å². The molecule has 0 aromatic heterocycles. The molecule has 0 amide bonds. The number of hydrogen-bond donors (Lipinski definition) is 4. The van der Waals surface area contributed by atoms with Crippen LogP contribution in [-0.2, 0) is 19.2 Å². The summed E-state index contributed by atoms with van der Waals surface area (Å²) in [6.07, 6.45) is 9.00. The smallest absolute Gasteiger partial charge is 1.00 e. The van der Waals surface area contributed by atoms with Crippen LogP contribution in [0.5, 0.6) is 0 Å². The Hall–Kier alpha value is -0.120. The van der Waals surface area contributed by atoms with Crippen LogP contribution in [0.4, 0.5) is 0 Å². The van der Waals surface area contributed by atoms with Gasteiger partial charge < -0.3 is 23.3 Å². The summed E-state index contributed by atoms with van der Waals surface area (Å²) in [5.41, 5.74) is 0. The summed E-state index contributed by atoms with van der Waals surface area (Å²) < 4.78 is 0. The minimum atomic E-state index is -0.833. The van der Waals surface area contributed by atoms with E-state index in [0.717, 1.165) is 27.7 Å². The molecule has 4 N–H and O–H groups in total. The fraction of sp³-hybridized carbons (Fsp3) is 0.714. The standard InChI is InChI=1S/C6H12.4C2H4O2.2Na.2H/c1-2-4-6-5-3-1;4*1-2(3)4;;;;/h1-6H2;4*1H3,(H,3,4);;;;/q;;;;;2*+1;2*-1. The van der Waals surface area contributed by atoms with Crippen molar-refractivity contribution < 1.29 is 102 Å². The Labute approximate surface area is 190 Å². The molecule has 0 unspecified atom stereocenters. The largest absolute Gasteiger partial charge is 1.00 e. The zero-order valence-electron chi connectivity index (χ0n) is 17.7. The molecule has 0 aromatic rings. The molecule has 1 aliphatic rings. The molecule has 24 heavy (non-hydrogen) atoms. The van der Waals surface area contributed by atoms with Gasteiger partial charge in [-0.3, -0.25) is 19.2 Å². The molecule has 10 heteroatoms. The number of carboxylic acid groups (broad SMARTS) is 4. The molecule has 1 rings (SSSR count). The fourth-order valence-corrected chi connectivity index (χ4v) is 1.06. The van der Waals surface area contributed by atoms with Gasteiger partial charge in [-0.05, 0) is 0 Å². The molecule has 1 fully saturated rings. The molecule has 0 aliphatic heterocycles. The second-order valence-corrected chi connectivity index (χ2v) is 4.20. The molecule has 0 heterocycles. The first kappa shape index (κ1) is 39.1. The Morgan fingerprint density at radius 3 is 0.583 bits per heavy atom. The van der Waals surface area contributed by atoms with Crippen molar-refractivity contribution >= 4 is 23.9 Å². The predicted octanol–water partition coefficient (Wildman–Crippen LogP) is -3.06. The van der Waals surface area contributed by atoms with Gasteiger partial charge in [-0.2, -0.15) is 0 Å². The zero-order chi connectivity index (χ0) is 18.6. The third-order valence-corrected chi connectivity index (χ3v) is 1.50. The van der Waals surface area contributed by atoms with Gasteiger partial charge in [0.15, 0.2) is 0 Å². The summed E-state index contributed by atoms with van der Waals surface area (Å²) in [7, 11) is 0. The van der Waals surface area contributed by atoms with Crippen molar-refractivity contribution in [3.8, 4) is 0 Å². The molecule has 0 saturated heterocycles. The molecule has 1 aliphatic carbocycles. The predicted molar refractivity (Wildman–Crippen MR) is 83.2 cm³/mol. The van der Waals surface area contributed by atoms with Crippen molar-refractivity contribution in [1.82, 2.24) is 0 Å². The quantitative estimate of drug-likeness (QED) is 0.327. The van der Waals surface area contributed by atoms with E-state index < -0.39 is 23.9 Å². The van der Waals surface area contributed by atoms with Crippen LogP contribution in [0.2, 0.25) is 0 Å². The molecule has 0 bridgehead atoms. The van der Waals surface area contributed by atoms with Gasteiger partial charge in [-0.1, -0.05) is 38.5 Å². The fourth-order valence-electron chi connectivity index (χ4n) is 1.06. The average Bonchev–Trinajstić information content (AvgIpc) is 2.28. The zero-order valence-corrected chi connectivity index (χ0v) is 19.7. The van der Waals surface area contributed by atoms with Crippen LogP contribution in [0.15, 0.2) is 0 Å². The monoisotopic (exact) mass is 372 g/mol. The van der Waals surface area contributed by atoms with Gasteiger partial charge >= 0.3 is 59.1 Å². The minimum absolute atomic E-state index is 0. The maximum atomic E-state index is 9.00. The number of carboxylic acids is 4. The Balaban J connectivity index is -0.0000000254. The summed E-state index contributed by atoms with van der Waals surface area (Å²) >= 11 is 0. The van der Waals surface area contributed by atoms with Crippen LogP contribution in [0, 0.1) is 0 Å². The number of aliphatic carboxylic acids is 4. The van der Waals surface area contributed by atoms with Crippen molar-refractivity contribution in [2.24, 2.45) is 0 Å². The summed E-state index contributed by atoms with van der Waals surface area (Å²) in [6, 6.07) is 0. The third kappa shape index (κ3) is 276. The van der Waals surface area contributed by atoms with Crippen LogP contribution in [0.1, 0.15) is 69.1 Å². The van der Waals surface area contributed by atoms with Crippen molar-refractivity contribution in [2.75, 3.05) is 0 Å². The number of carbonyl (C=O) groups is 4. The van der Waals surface area contributed by atoms with Gasteiger partial charge in [0.1, 0.15) is 0 Å². The average molecular weight is 372 g/mol. The van der Waals surface area contributed by atoms with E-state index in [0.29, 0.717) is 0 Å². The van der Waals surface area contributed by atoms with Crippen molar-refractivity contribution in [2.45, 2.75) is 66.2 Å². The SMILES string of the molecule is C1CCCCC1.CC(=O)O.CC(=O)O.CC(=O)O.CC(=O)O.[H-].[H-].[Na+].[Na+]. The molecule has 0 spiro atoms. The van der Waals surface area contributed by atoms with Gasteiger partial charge in [0.25, 0.3) is 23.9 Å². The number of hydrogen-bond acceptors (Lipinski definition) is 4. The molecule has 1 saturated carbocycles. The third-order valence-electron chi connectivity index (χ3n) is 1.50. The normalized spacial score (nSPS) is 10.2. The molecular formula is C14H30Na2O8. The first-order valence-electron chi connectivity index (χ1n) is 6.71. The Kier molecular flexibility index (Phi) is 55.8. The van der Waals surface area contributed by atoms with E-state index in [4.69, 9.17) is 39.6 Å². The Morgan fingerprint density at radius 1 is 0.500 bits per heavy atom. The summed E-state index contributed by atoms with van der Waals surface area (Å²) in [6.45, 7) is 4.33. The van der Waals surface area contributed by atoms with Gasteiger partial charge in [0.05, 0.1) is 0 Å². The van der Waals surface area contributed by atoms with E-state index in [2.05, 4.69) is 0 Å². The maximum absolute atomic E-state index is 9.00. The van der Waals surface area contributed by atoms with E-state index in [1.54, 1.807) is 0 Å². The van der Waals surface area contributed by atoms with Crippen LogP contribution in [0.25, 0.3) is 0 Å². The maximum Gasteiger partial charge on any atom is 1.00 e. The van der Waals surface area contributed by atoms with Crippen LogP contribution < -0.4 is 59.1 Å². The molecule has 0 aromatic carbocycles. The molecule has 136 valence electrons. The van der Waals surface area contributed by atoms with E-state index in [9.17, 15) is 0 Å². The van der Waals surface area contributed by atoms with Gasteiger partial charge in [0, 0.05) is 27.7 Å². The van der Waals surface area contributed by atoms with Crippen LogP contribution in [-0.4, -0.2) is 44.3 Å². The minimum Gasteiger partial charge on any atom is -1.00 e. The summed E-state index contributed by atoms with van der Waals surface area (Å²) in [4.78, 5) is 36.0. The summed E-state index contributed by atoms with van der Waals surface area (Å²) in [5, 5.41) is 29.7. The van der Waals surface area contributed by atoms with Crippen molar-refractivity contribution in [3.63, 3.8) is 0 Å². The van der Waals surface area contributed by atoms with Crippen LogP contribution in [0.3, 0.4) is 0 Å². The van der Waals surface area contributed by atoms with E-state index in [1.165, 1.54) is 38.5 Å². The van der Waals surface area contributed by atoms with E-state index in [-0.39, 0.29) is 62.0 Å². The Morgan fingerprint density at radius 2 is 0.542 bits per heavy atom. The number of rotatable bonds is 0. The second kappa shape index (κ2) is 34.3. The van der Waals surface area contributed by atoms with E-state index >= 15 is 0 Å². The van der Waals surface area contributed by atoms with Crippen molar-refractivity contribution in [1.29, 1.82) is 0 Å². The molecule has 8 nitrogen and oxygen atoms in total. The first-order valence-corrected chi connectivity index (χ1v) is 6.71. The second-order valence-electron chi connectivity index (χ2n) is 4.20. The molecular weight excluding hydrogens is 342 g/mol. The first-order chi connectivity index (χ1) is 9.93. The van der Waals surface area contributed by atoms with Gasteiger partial charge in [0.2, 0.25) is 0 Å². The van der Waals surface area contributed by atoms with Crippen LogP contribution >= 0.6 is 0 Å². The Bertz CT molecular complexity index is 240. The topological polar surface area (TPSA) is 149 Å².